The van der Waals surface area contributed by atoms with Crippen LogP contribution in [-0.2, 0) is 7.05 Å². The maximum Gasteiger partial charge on any atom is 0.155 e. The van der Waals surface area contributed by atoms with Gasteiger partial charge in [-0.05, 0) is 24.3 Å². The molecule has 1 N–H and O–H groups in total. The summed E-state index contributed by atoms with van der Waals surface area (Å²) in [5, 5.41) is 19.8. The van der Waals surface area contributed by atoms with Crippen LogP contribution in [0.3, 0.4) is 0 Å². The Balaban J connectivity index is 1.94. The van der Waals surface area contributed by atoms with Gasteiger partial charge in [-0.3, -0.25) is 0 Å². The lowest BCUT2D eigenvalue weighted by Crippen LogP contribution is -2.01. The molecule has 24 heavy (non-hydrogen) atoms. The zero-order valence-corrected chi connectivity index (χ0v) is 13.7. The summed E-state index contributed by atoms with van der Waals surface area (Å²) in [6, 6.07) is 15.8. The van der Waals surface area contributed by atoms with Gasteiger partial charge in [0.2, 0.25) is 0 Å². The van der Waals surface area contributed by atoms with Crippen molar-refractivity contribution in [2.45, 2.75) is 4.90 Å². The number of hydrogen-bond donors (Lipinski definition) is 1. The Bertz CT molecular complexity index is 972. The van der Waals surface area contributed by atoms with Gasteiger partial charge in [0.25, 0.3) is 0 Å². The number of aliphatic hydroxyl groups is 1. The van der Waals surface area contributed by atoms with Gasteiger partial charge in [0.15, 0.2) is 5.82 Å². The molecule has 0 atom stereocenters. The monoisotopic (exact) mass is 339 g/mol. The number of aryl methyl sites for hydroxylation is 1. The van der Waals surface area contributed by atoms with Gasteiger partial charge < -0.3 is 9.67 Å². The van der Waals surface area contributed by atoms with Crippen molar-refractivity contribution in [1.82, 2.24) is 9.55 Å². The molecule has 0 saturated heterocycles. The topological polar surface area (TPSA) is 61.8 Å². The number of nitrogens with zero attached hydrogens (tertiary/aromatic N) is 3. The minimum Gasteiger partial charge on any atom is -0.510 e. The molecule has 3 aromatic rings. The SMILES string of the molecule is Cn1c(/C(C#N)=C(/O)CSc2ccccc2F)nc2ccccc21. The fraction of sp³-hybridized carbons (Fsp3) is 0.111. The van der Waals surface area contributed by atoms with E-state index in [4.69, 9.17) is 0 Å². The Morgan fingerprint density at radius 1 is 1.25 bits per heavy atom. The quantitative estimate of drug-likeness (QED) is 0.437. The minimum atomic E-state index is -0.350. The highest BCUT2D eigenvalue weighted by Gasteiger charge is 2.16. The number of benzene rings is 2. The highest BCUT2D eigenvalue weighted by Crippen LogP contribution is 2.27. The van der Waals surface area contributed by atoms with Crippen molar-refractivity contribution in [3.8, 4) is 6.07 Å². The summed E-state index contributed by atoms with van der Waals surface area (Å²) in [6.45, 7) is 0. The largest absolute Gasteiger partial charge is 0.510 e. The molecule has 0 unspecified atom stereocenters. The van der Waals surface area contributed by atoms with Gasteiger partial charge in [0.05, 0.1) is 16.8 Å². The number of thioether (sulfide) groups is 1. The Hall–Kier alpha value is -2.78. The number of fused-ring (bicyclic) bond motifs is 1. The van der Waals surface area contributed by atoms with E-state index in [1.165, 1.54) is 6.07 Å². The minimum absolute atomic E-state index is 0.0903. The van der Waals surface area contributed by atoms with Gasteiger partial charge in [0, 0.05) is 11.9 Å². The summed E-state index contributed by atoms with van der Waals surface area (Å²) in [4.78, 5) is 4.84. The van der Waals surface area contributed by atoms with E-state index in [2.05, 4.69) is 4.98 Å². The predicted octanol–water partition coefficient (Wildman–Crippen LogP) is 4.30. The number of hydrogen-bond acceptors (Lipinski definition) is 4. The van der Waals surface area contributed by atoms with Gasteiger partial charge >= 0.3 is 0 Å². The lowest BCUT2D eigenvalue weighted by Gasteiger charge is -2.06. The molecular weight excluding hydrogens is 325 g/mol. The molecule has 2 aromatic carbocycles. The number of aromatic nitrogens is 2. The van der Waals surface area contributed by atoms with Crippen LogP contribution in [0.4, 0.5) is 4.39 Å². The zero-order valence-electron chi connectivity index (χ0n) is 12.9. The standard InChI is InChI=1S/C18H14FN3OS/c1-22-15-8-4-3-7-14(15)21-18(22)12(10-20)16(23)11-24-17-9-5-2-6-13(17)19/h2-9,23H,11H2,1H3/b16-12+. The fourth-order valence-corrected chi connectivity index (χ4v) is 3.21. The van der Waals surface area contributed by atoms with E-state index in [1.807, 2.05) is 30.3 Å². The molecule has 0 radical (unpaired) electrons. The molecule has 0 saturated carbocycles. The third-order valence-electron chi connectivity index (χ3n) is 3.61. The average Bonchev–Trinajstić information content (AvgIpc) is 2.92. The lowest BCUT2D eigenvalue weighted by molar-refractivity contribution is 0.420. The average molecular weight is 339 g/mol. The van der Waals surface area contributed by atoms with Crippen LogP contribution < -0.4 is 0 Å². The molecule has 1 heterocycles. The zero-order chi connectivity index (χ0) is 17.1. The van der Waals surface area contributed by atoms with Crippen LogP contribution in [0.1, 0.15) is 5.82 Å². The van der Waals surface area contributed by atoms with Crippen LogP contribution in [0.2, 0.25) is 0 Å². The van der Waals surface area contributed by atoms with E-state index in [0.717, 1.165) is 22.8 Å². The highest BCUT2D eigenvalue weighted by molar-refractivity contribution is 7.99. The van der Waals surface area contributed by atoms with Gasteiger partial charge in [-0.1, -0.05) is 24.3 Å². The highest BCUT2D eigenvalue weighted by atomic mass is 32.2. The van der Waals surface area contributed by atoms with Crippen molar-refractivity contribution >= 4 is 28.4 Å². The van der Waals surface area contributed by atoms with E-state index in [-0.39, 0.29) is 22.9 Å². The first kappa shape index (κ1) is 16.1. The van der Waals surface area contributed by atoms with Gasteiger partial charge in [0.1, 0.15) is 23.2 Å². The Morgan fingerprint density at radius 2 is 1.96 bits per heavy atom. The van der Waals surface area contributed by atoms with Crippen LogP contribution in [0.25, 0.3) is 16.6 Å². The Kier molecular flexibility index (Phi) is 4.54. The first-order chi connectivity index (χ1) is 11.6. The third-order valence-corrected chi connectivity index (χ3v) is 4.67. The molecule has 0 aliphatic rings. The molecule has 4 nitrogen and oxygen atoms in total. The lowest BCUT2D eigenvalue weighted by atomic mass is 10.2. The van der Waals surface area contributed by atoms with Gasteiger partial charge in [-0.25, -0.2) is 9.37 Å². The molecule has 0 aliphatic carbocycles. The molecule has 120 valence electrons. The number of allylic oxidation sites excluding steroid dienone is 1. The second-order valence-corrected chi connectivity index (χ2v) is 6.15. The Labute approximate surface area is 142 Å². The summed E-state index contributed by atoms with van der Waals surface area (Å²) in [7, 11) is 1.79. The predicted molar refractivity (Wildman–Crippen MR) is 93.0 cm³/mol. The molecular formula is C18H14FN3OS. The van der Waals surface area contributed by atoms with Crippen molar-refractivity contribution in [2.24, 2.45) is 7.05 Å². The van der Waals surface area contributed by atoms with Crippen molar-refractivity contribution in [3.05, 3.63) is 65.9 Å². The fourth-order valence-electron chi connectivity index (χ4n) is 2.39. The second kappa shape index (κ2) is 6.77. The molecule has 1 aromatic heterocycles. The van der Waals surface area contributed by atoms with E-state index in [9.17, 15) is 14.8 Å². The first-order valence-corrected chi connectivity index (χ1v) is 8.21. The number of para-hydroxylation sites is 2. The normalized spacial score (nSPS) is 12.0. The smallest absolute Gasteiger partial charge is 0.155 e. The second-order valence-electron chi connectivity index (χ2n) is 5.14. The molecule has 0 amide bonds. The summed E-state index contributed by atoms with van der Waals surface area (Å²) in [5.74, 6) is 0.0126. The summed E-state index contributed by atoms with van der Waals surface area (Å²) >= 11 is 1.14. The molecule has 0 aliphatic heterocycles. The van der Waals surface area contributed by atoms with Gasteiger partial charge in [-0.2, -0.15) is 5.26 Å². The number of rotatable bonds is 4. The van der Waals surface area contributed by atoms with E-state index in [0.29, 0.717) is 10.7 Å². The molecule has 0 fully saturated rings. The van der Waals surface area contributed by atoms with Crippen molar-refractivity contribution < 1.29 is 9.50 Å². The van der Waals surface area contributed by atoms with E-state index >= 15 is 0 Å². The maximum absolute atomic E-state index is 13.6. The Morgan fingerprint density at radius 3 is 2.67 bits per heavy atom. The first-order valence-electron chi connectivity index (χ1n) is 7.23. The van der Waals surface area contributed by atoms with Crippen molar-refractivity contribution in [1.29, 1.82) is 5.26 Å². The van der Waals surface area contributed by atoms with Gasteiger partial charge in [-0.15, -0.1) is 11.8 Å². The van der Waals surface area contributed by atoms with Crippen LogP contribution >= 0.6 is 11.8 Å². The summed E-state index contributed by atoms with van der Waals surface area (Å²) < 4.78 is 15.4. The van der Waals surface area contributed by atoms with Crippen LogP contribution in [-0.4, -0.2) is 20.4 Å². The number of nitriles is 1. The summed E-state index contributed by atoms with van der Waals surface area (Å²) in [6.07, 6.45) is 0. The molecule has 6 heteroatoms. The summed E-state index contributed by atoms with van der Waals surface area (Å²) in [5.41, 5.74) is 1.71. The van der Waals surface area contributed by atoms with Crippen molar-refractivity contribution in [3.63, 3.8) is 0 Å². The third kappa shape index (κ3) is 2.99. The molecule has 0 spiro atoms. The van der Waals surface area contributed by atoms with E-state index in [1.54, 1.807) is 29.8 Å². The number of imidazole rings is 1. The maximum atomic E-state index is 13.6. The molecule has 3 rings (SSSR count). The van der Waals surface area contributed by atoms with Crippen LogP contribution in [0.15, 0.2) is 59.2 Å². The van der Waals surface area contributed by atoms with Crippen LogP contribution in [0.5, 0.6) is 0 Å². The number of halogens is 1. The van der Waals surface area contributed by atoms with E-state index < -0.39 is 0 Å². The number of aliphatic hydroxyl groups excluding tert-OH is 1. The van der Waals surface area contributed by atoms with Crippen LogP contribution in [0, 0.1) is 17.1 Å². The van der Waals surface area contributed by atoms with Crippen molar-refractivity contribution in [2.75, 3.05) is 5.75 Å². The molecule has 0 bridgehead atoms.